The molecule has 0 saturated carbocycles. The summed E-state index contributed by atoms with van der Waals surface area (Å²) in [6.45, 7) is 1.60. The highest BCUT2D eigenvalue weighted by molar-refractivity contribution is 6.03. The van der Waals surface area contributed by atoms with Gasteiger partial charge in [-0.25, -0.2) is 0 Å². The van der Waals surface area contributed by atoms with Gasteiger partial charge in [0.05, 0.1) is 19.3 Å². The van der Waals surface area contributed by atoms with E-state index in [0.717, 1.165) is 0 Å². The molecule has 0 spiro atoms. The van der Waals surface area contributed by atoms with Gasteiger partial charge >= 0.3 is 5.97 Å². The third-order valence-corrected chi connectivity index (χ3v) is 2.41. The molecule has 80 valence electrons. The molecule has 1 fully saturated rings. The maximum absolute atomic E-state index is 11.5. The van der Waals surface area contributed by atoms with Crippen LogP contribution in [0.1, 0.15) is 19.8 Å². The first-order valence-corrected chi connectivity index (χ1v) is 4.51. The van der Waals surface area contributed by atoms with E-state index in [4.69, 9.17) is 14.9 Å². The minimum atomic E-state index is -1.54. The molecule has 0 aromatic rings. The van der Waals surface area contributed by atoms with Crippen molar-refractivity contribution in [3.63, 3.8) is 0 Å². The van der Waals surface area contributed by atoms with E-state index in [1.54, 1.807) is 0 Å². The number of ether oxygens (including phenoxy) is 1. The van der Waals surface area contributed by atoms with Crippen molar-refractivity contribution in [1.82, 2.24) is 0 Å². The van der Waals surface area contributed by atoms with Gasteiger partial charge in [-0.3, -0.25) is 9.59 Å². The summed E-state index contributed by atoms with van der Waals surface area (Å²) in [5.74, 6) is -1.56. The van der Waals surface area contributed by atoms with E-state index >= 15 is 0 Å². The monoisotopic (exact) mass is 202 g/mol. The second-order valence-corrected chi connectivity index (χ2v) is 3.67. The van der Waals surface area contributed by atoms with Crippen molar-refractivity contribution in [1.29, 1.82) is 0 Å². The lowest BCUT2D eigenvalue weighted by Crippen LogP contribution is -2.48. The number of ketones is 1. The van der Waals surface area contributed by atoms with Crippen LogP contribution in [-0.2, 0) is 14.3 Å². The molecule has 1 rings (SSSR count). The van der Waals surface area contributed by atoms with Crippen molar-refractivity contribution in [3.8, 4) is 0 Å². The lowest BCUT2D eigenvalue weighted by molar-refractivity contribution is -0.167. The number of aliphatic hydroxyl groups is 1. The first-order chi connectivity index (χ1) is 6.49. The van der Waals surface area contributed by atoms with E-state index < -0.39 is 17.5 Å². The van der Waals surface area contributed by atoms with Crippen molar-refractivity contribution in [3.05, 3.63) is 0 Å². The molecule has 0 bridgehead atoms. The first-order valence-electron chi connectivity index (χ1n) is 4.51. The number of carboxylic acids is 1. The van der Waals surface area contributed by atoms with Gasteiger partial charge in [0, 0.05) is 6.42 Å². The third-order valence-electron chi connectivity index (χ3n) is 2.41. The van der Waals surface area contributed by atoms with E-state index in [-0.39, 0.29) is 31.8 Å². The SMILES string of the molecule is CC(O)CC1(C(=O)O)COCCC1=O. The minimum absolute atomic E-state index is 0.0822. The highest BCUT2D eigenvalue weighted by Gasteiger charge is 2.48. The molecule has 0 aromatic heterocycles. The molecule has 1 aliphatic rings. The van der Waals surface area contributed by atoms with Crippen LogP contribution >= 0.6 is 0 Å². The lowest BCUT2D eigenvalue weighted by atomic mass is 9.77. The summed E-state index contributed by atoms with van der Waals surface area (Å²) in [5, 5.41) is 18.2. The normalized spacial score (nSPS) is 30.0. The zero-order chi connectivity index (χ0) is 10.8. The average molecular weight is 202 g/mol. The Morgan fingerprint density at radius 1 is 1.71 bits per heavy atom. The molecule has 0 aliphatic carbocycles. The van der Waals surface area contributed by atoms with Crippen LogP contribution in [0.25, 0.3) is 0 Å². The van der Waals surface area contributed by atoms with Crippen LogP contribution in [0.3, 0.4) is 0 Å². The molecule has 0 radical (unpaired) electrons. The summed E-state index contributed by atoms with van der Waals surface area (Å²) in [5.41, 5.74) is -1.54. The number of carbonyl (C=O) groups excluding carboxylic acids is 1. The van der Waals surface area contributed by atoms with Gasteiger partial charge in [-0.2, -0.15) is 0 Å². The van der Waals surface area contributed by atoms with Crippen LogP contribution in [0, 0.1) is 5.41 Å². The molecule has 1 aliphatic heterocycles. The third kappa shape index (κ3) is 1.93. The highest BCUT2D eigenvalue weighted by atomic mass is 16.5. The van der Waals surface area contributed by atoms with Gasteiger partial charge in [0.25, 0.3) is 0 Å². The predicted molar refractivity (Wildman–Crippen MR) is 46.8 cm³/mol. The van der Waals surface area contributed by atoms with Crippen molar-refractivity contribution in [2.45, 2.75) is 25.9 Å². The molecule has 0 aromatic carbocycles. The minimum Gasteiger partial charge on any atom is -0.480 e. The Labute approximate surface area is 81.7 Å². The second-order valence-electron chi connectivity index (χ2n) is 3.67. The Balaban J connectivity index is 2.89. The smallest absolute Gasteiger partial charge is 0.319 e. The Bertz CT molecular complexity index is 248. The van der Waals surface area contributed by atoms with Gasteiger partial charge < -0.3 is 14.9 Å². The number of aliphatic carboxylic acids is 1. The van der Waals surface area contributed by atoms with Crippen LogP contribution < -0.4 is 0 Å². The van der Waals surface area contributed by atoms with Gasteiger partial charge in [0.1, 0.15) is 0 Å². The van der Waals surface area contributed by atoms with Crippen molar-refractivity contribution >= 4 is 11.8 Å². The van der Waals surface area contributed by atoms with Crippen molar-refractivity contribution in [2.24, 2.45) is 5.41 Å². The zero-order valence-electron chi connectivity index (χ0n) is 8.02. The van der Waals surface area contributed by atoms with Crippen LogP contribution in [0.4, 0.5) is 0 Å². The van der Waals surface area contributed by atoms with Crippen LogP contribution in [0.15, 0.2) is 0 Å². The predicted octanol–water partition coefficient (Wildman–Crippen LogP) is -0.182. The topological polar surface area (TPSA) is 83.8 Å². The standard InChI is InChI=1S/C9H14O5/c1-6(10)4-9(8(12)13)5-14-3-2-7(9)11/h6,10H,2-5H2,1H3,(H,12,13). The van der Waals surface area contributed by atoms with E-state index in [9.17, 15) is 9.59 Å². The van der Waals surface area contributed by atoms with Crippen molar-refractivity contribution in [2.75, 3.05) is 13.2 Å². The Morgan fingerprint density at radius 3 is 2.79 bits per heavy atom. The molecule has 14 heavy (non-hydrogen) atoms. The van der Waals surface area contributed by atoms with Gasteiger partial charge in [0.15, 0.2) is 11.2 Å². The summed E-state index contributed by atoms with van der Waals surface area (Å²) in [7, 11) is 0. The Kier molecular flexibility index (Phi) is 3.23. The number of rotatable bonds is 3. The van der Waals surface area contributed by atoms with E-state index in [0.29, 0.717) is 0 Å². The zero-order valence-corrected chi connectivity index (χ0v) is 8.02. The molecule has 1 saturated heterocycles. The molecular formula is C9H14O5. The van der Waals surface area contributed by atoms with E-state index in [2.05, 4.69) is 0 Å². The molecular weight excluding hydrogens is 188 g/mol. The summed E-state index contributed by atoms with van der Waals surface area (Å²) >= 11 is 0. The maximum Gasteiger partial charge on any atom is 0.319 e. The Hall–Kier alpha value is -0.940. The maximum atomic E-state index is 11.5. The van der Waals surface area contributed by atoms with E-state index in [1.165, 1.54) is 6.92 Å². The molecule has 0 amide bonds. The largest absolute Gasteiger partial charge is 0.480 e. The quantitative estimate of drug-likeness (QED) is 0.620. The molecule has 2 unspecified atom stereocenters. The van der Waals surface area contributed by atoms with Gasteiger partial charge in [-0.1, -0.05) is 0 Å². The number of hydrogen-bond acceptors (Lipinski definition) is 4. The summed E-state index contributed by atoms with van der Waals surface area (Å²) in [6, 6.07) is 0. The number of aliphatic hydroxyl groups excluding tert-OH is 1. The number of Topliss-reactive ketones (excluding diaryl/α,β-unsaturated/α-hetero) is 1. The number of carboxylic acid groups (broad SMARTS) is 1. The molecule has 5 heteroatoms. The molecule has 1 heterocycles. The first kappa shape index (κ1) is 11.1. The summed E-state index contributed by atoms with van der Waals surface area (Å²) in [6.07, 6.45) is -0.794. The fourth-order valence-corrected chi connectivity index (χ4v) is 1.68. The van der Waals surface area contributed by atoms with Crippen LogP contribution in [0.5, 0.6) is 0 Å². The van der Waals surface area contributed by atoms with Crippen molar-refractivity contribution < 1.29 is 24.5 Å². The fraction of sp³-hybridized carbons (Fsp3) is 0.778. The molecule has 5 nitrogen and oxygen atoms in total. The van der Waals surface area contributed by atoms with Crippen LogP contribution in [-0.4, -0.2) is 41.3 Å². The average Bonchev–Trinajstić information content (AvgIpc) is 2.08. The Morgan fingerprint density at radius 2 is 2.36 bits per heavy atom. The highest BCUT2D eigenvalue weighted by Crippen LogP contribution is 2.30. The van der Waals surface area contributed by atoms with Gasteiger partial charge in [0.2, 0.25) is 0 Å². The second kappa shape index (κ2) is 4.06. The van der Waals surface area contributed by atoms with Gasteiger partial charge in [-0.15, -0.1) is 0 Å². The molecule has 2 atom stereocenters. The number of carbonyl (C=O) groups is 2. The van der Waals surface area contributed by atoms with Gasteiger partial charge in [-0.05, 0) is 13.3 Å². The summed E-state index contributed by atoms with van der Waals surface area (Å²) in [4.78, 5) is 22.5. The molecule has 2 N–H and O–H groups in total. The number of hydrogen-bond donors (Lipinski definition) is 2. The van der Waals surface area contributed by atoms with E-state index in [1.807, 2.05) is 0 Å². The summed E-state index contributed by atoms with van der Waals surface area (Å²) < 4.78 is 5.01. The fourth-order valence-electron chi connectivity index (χ4n) is 1.68. The lowest BCUT2D eigenvalue weighted by Gasteiger charge is -2.32. The van der Waals surface area contributed by atoms with Crippen LogP contribution in [0.2, 0.25) is 0 Å².